The average molecular weight is 435 g/mol. The molecule has 5 nitrogen and oxygen atoms in total. The first-order valence-electron chi connectivity index (χ1n) is 10.2. The van der Waals surface area contributed by atoms with Crippen molar-refractivity contribution in [2.24, 2.45) is 0 Å². The number of amides is 2. The van der Waals surface area contributed by atoms with E-state index >= 15 is 0 Å². The van der Waals surface area contributed by atoms with E-state index in [0.717, 1.165) is 10.5 Å². The molecule has 0 fully saturated rings. The van der Waals surface area contributed by atoms with Crippen LogP contribution in [-0.2, 0) is 24.5 Å². The molecule has 2 amide bonds. The second-order valence-corrected chi connectivity index (χ2v) is 8.75. The van der Waals surface area contributed by atoms with Crippen LogP contribution >= 0.6 is 0 Å². The van der Waals surface area contributed by atoms with E-state index in [0.29, 0.717) is 5.69 Å². The SMILES string of the molecule is C=C(C(=O)OC)[C@H](C1=C(C)C(=O)N(c2ccc(C(C)(C)C)cc2)C1=O)c1ccccc1F. The molecule has 2 aromatic rings. The zero-order valence-electron chi connectivity index (χ0n) is 18.9. The summed E-state index contributed by atoms with van der Waals surface area (Å²) in [5.74, 6) is -3.69. The lowest BCUT2D eigenvalue weighted by molar-refractivity contribution is -0.136. The van der Waals surface area contributed by atoms with Gasteiger partial charge in [0, 0.05) is 28.2 Å². The smallest absolute Gasteiger partial charge is 0.334 e. The minimum atomic E-state index is -1.15. The third-order valence-corrected chi connectivity index (χ3v) is 5.65. The number of carbonyl (C=O) groups excluding carboxylic acids is 3. The second-order valence-electron chi connectivity index (χ2n) is 8.75. The topological polar surface area (TPSA) is 63.7 Å². The molecule has 166 valence electrons. The molecule has 0 spiro atoms. The van der Waals surface area contributed by atoms with Crippen LogP contribution in [0.1, 0.15) is 44.7 Å². The van der Waals surface area contributed by atoms with Gasteiger partial charge in [-0.2, -0.15) is 0 Å². The molecule has 0 unspecified atom stereocenters. The number of imide groups is 1. The van der Waals surface area contributed by atoms with Crippen LogP contribution in [0.3, 0.4) is 0 Å². The van der Waals surface area contributed by atoms with Crippen LogP contribution in [0.4, 0.5) is 10.1 Å². The Bertz CT molecular complexity index is 1140. The van der Waals surface area contributed by atoms with Crippen LogP contribution in [-0.4, -0.2) is 24.9 Å². The molecule has 32 heavy (non-hydrogen) atoms. The minimum absolute atomic E-state index is 0.00963. The van der Waals surface area contributed by atoms with Crippen molar-refractivity contribution in [1.82, 2.24) is 0 Å². The van der Waals surface area contributed by atoms with Crippen LogP contribution in [0.15, 0.2) is 71.8 Å². The van der Waals surface area contributed by atoms with E-state index in [9.17, 15) is 18.8 Å². The van der Waals surface area contributed by atoms with Crippen LogP contribution < -0.4 is 4.90 Å². The Morgan fingerprint density at radius 1 is 1.03 bits per heavy atom. The molecule has 0 N–H and O–H groups in total. The molecule has 0 radical (unpaired) electrons. The highest BCUT2D eigenvalue weighted by atomic mass is 19.1. The highest BCUT2D eigenvalue weighted by Crippen LogP contribution is 2.40. The zero-order valence-corrected chi connectivity index (χ0v) is 18.9. The Morgan fingerprint density at radius 2 is 1.62 bits per heavy atom. The molecule has 1 aliphatic rings. The van der Waals surface area contributed by atoms with Crippen LogP contribution in [0.5, 0.6) is 0 Å². The molecular weight excluding hydrogens is 409 g/mol. The molecule has 1 atom stereocenters. The quantitative estimate of drug-likeness (QED) is 0.384. The maximum atomic E-state index is 14.7. The largest absolute Gasteiger partial charge is 0.466 e. The molecule has 6 heteroatoms. The summed E-state index contributed by atoms with van der Waals surface area (Å²) in [6, 6.07) is 12.9. The van der Waals surface area contributed by atoms with Gasteiger partial charge in [-0.05, 0) is 36.1 Å². The number of ether oxygens (including phenoxy) is 1. The third kappa shape index (κ3) is 4.00. The van der Waals surface area contributed by atoms with Gasteiger partial charge < -0.3 is 4.74 Å². The Morgan fingerprint density at radius 3 is 2.16 bits per heavy atom. The van der Waals surface area contributed by atoms with Gasteiger partial charge in [-0.15, -0.1) is 0 Å². The van der Waals surface area contributed by atoms with Gasteiger partial charge in [-0.3, -0.25) is 9.59 Å². The lowest BCUT2D eigenvalue weighted by atomic mass is 9.83. The lowest BCUT2D eigenvalue weighted by Gasteiger charge is -2.23. The van der Waals surface area contributed by atoms with E-state index in [1.54, 1.807) is 18.2 Å². The third-order valence-electron chi connectivity index (χ3n) is 5.65. The average Bonchev–Trinajstić information content (AvgIpc) is 2.97. The predicted molar refractivity (Wildman–Crippen MR) is 121 cm³/mol. The number of anilines is 1. The van der Waals surface area contributed by atoms with Crippen LogP contribution in [0, 0.1) is 5.82 Å². The molecule has 1 heterocycles. The summed E-state index contributed by atoms with van der Waals surface area (Å²) >= 11 is 0. The molecule has 0 aliphatic carbocycles. The molecule has 0 bridgehead atoms. The Balaban J connectivity index is 2.10. The predicted octanol–water partition coefficient (Wildman–Crippen LogP) is 4.83. The van der Waals surface area contributed by atoms with Gasteiger partial charge in [-0.25, -0.2) is 14.1 Å². The molecule has 3 rings (SSSR count). The fraction of sp³-hybridized carbons (Fsp3) is 0.269. The Hall–Kier alpha value is -3.54. The van der Waals surface area contributed by atoms with Gasteiger partial charge in [0.25, 0.3) is 11.8 Å². The molecule has 0 aromatic heterocycles. The van der Waals surface area contributed by atoms with Crippen molar-refractivity contribution >= 4 is 23.5 Å². The van der Waals surface area contributed by atoms with Gasteiger partial charge in [0.1, 0.15) is 5.82 Å². The number of benzene rings is 2. The van der Waals surface area contributed by atoms with E-state index in [2.05, 4.69) is 27.4 Å². The monoisotopic (exact) mass is 435 g/mol. The fourth-order valence-electron chi connectivity index (χ4n) is 3.82. The summed E-state index contributed by atoms with van der Waals surface area (Å²) in [4.78, 5) is 39.9. The first-order valence-corrected chi connectivity index (χ1v) is 10.2. The van der Waals surface area contributed by atoms with E-state index in [1.165, 1.54) is 32.2 Å². The van der Waals surface area contributed by atoms with Crippen molar-refractivity contribution < 1.29 is 23.5 Å². The summed E-state index contributed by atoms with van der Waals surface area (Å²) in [5.41, 5.74) is 1.45. The van der Waals surface area contributed by atoms with Crippen molar-refractivity contribution in [3.05, 3.63) is 88.8 Å². The van der Waals surface area contributed by atoms with Gasteiger partial charge in [0.2, 0.25) is 0 Å². The Labute approximate surface area is 187 Å². The second kappa shape index (κ2) is 8.54. The number of nitrogens with zero attached hydrogens (tertiary/aromatic N) is 1. The Kier molecular flexibility index (Phi) is 6.17. The number of carbonyl (C=O) groups is 3. The summed E-state index contributed by atoms with van der Waals surface area (Å²) in [6.07, 6.45) is 0. The van der Waals surface area contributed by atoms with Gasteiger partial charge >= 0.3 is 5.97 Å². The minimum Gasteiger partial charge on any atom is -0.466 e. The van der Waals surface area contributed by atoms with Crippen molar-refractivity contribution in [3.8, 4) is 0 Å². The molecule has 1 aliphatic heterocycles. The number of esters is 1. The summed E-state index contributed by atoms with van der Waals surface area (Å²) < 4.78 is 19.5. The number of halogens is 1. The number of methoxy groups -OCH3 is 1. The number of hydrogen-bond donors (Lipinski definition) is 0. The molecular formula is C26H26FNO4. The first-order chi connectivity index (χ1) is 15.0. The number of rotatable bonds is 5. The van der Waals surface area contributed by atoms with Crippen molar-refractivity contribution in [2.45, 2.75) is 39.0 Å². The summed E-state index contributed by atoms with van der Waals surface area (Å²) in [6.45, 7) is 11.5. The maximum Gasteiger partial charge on any atom is 0.334 e. The van der Waals surface area contributed by atoms with Crippen LogP contribution in [0.2, 0.25) is 0 Å². The van der Waals surface area contributed by atoms with Crippen LogP contribution in [0.25, 0.3) is 0 Å². The van der Waals surface area contributed by atoms with E-state index in [-0.39, 0.29) is 27.7 Å². The number of hydrogen-bond acceptors (Lipinski definition) is 4. The molecule has 0 saturated carbocycles. The highest BCUT2D eigenvalue weighted by Gasteiger charge is 2.43. The zero-order chi connectivity index (χ0) is 23.8. The van der Waals surface area contributed by atoms with Crippen molar-refractivity contribution in [2.75, 3.05) is 12.0 Å². The van der Waals surface area contributed by atoms with Crippen molar-refractivity contribution in [3.63, 3.8) is 0 Å². The normalized spacial score (nSPS) is 15.2. The molecule has 2 aromatic carbocycles. The maximum absolute atomic E-state index is 14.7. The summed E-state index contributed by atoms with van der Waals surface area (Å²) in [5, 5.41) is 0. The highest BCUT2D eigenvalue weighted by molar-refractivity contribution is 6.33. The van der Waals surface area contributed by atoms with Gasteiger partial charge in [0.05, 0.1) is 12.8 Å². The lowest BCUT2D eigenvalue weighted by Crippen LogP contribution is -2.32. The standard InChI is InChI=1S/C26H26FNO4/c1-15-22(21(16(2)25(31)32-6)19-9-7-8-10-20(19)27)24(30)28(23(15)29)18-13-11-17(12-14-18)26(3,4)5/h7-14,21H,2H2,1,3-6H3/t21-/m0/s1. The first kappa shape index (κ1) is 23.1. The van der Waals surface area contributed by atoms with E-state index in [1.807, 2.05) is 12.1 Å². The van der Waals surface area contributed by atoms with Gasteiger partial charge in [0.15, 0.2) is 0 Å². The summed E-state index contributed by atoms with van der Waals surface area (Å²) in [7, 11) is 1.18. The molecule has 0 saturated heterocycles. The van der Waals surface area contributed by atoms with Crippen molar-refractivity contribution in [1.29, 1.82) is 0 Å². The van der Waals surface area contributed by atoms with E-state index < -0.39 is 29.5 Å². The fourth-order valence-corrected chi connectivity index (χ4v) is 3.82. The van der Waals surface area contributed by atoms with E-state index in [4.69, 9.17) is 4.74 Å². The van der Waals surface area contributed by atoms with Gasteiger partial charge in [-0.1, -0.05) is 57.7 Å².